The summed E-state index contributed by atoms with van der Waals surface area (Å²) in [6.45, 7) is 6.50. The average Bonchev–Trinajstić information content (AvgIpc) is 3.14. The van der Waals surface area contributed by atoms with Crippen LogP contribution in [-0.4, -0.2) is 37.2 Å². The van der Waals surface area contributed by atoms with Gasteiger partial charge in [0.05, 0.1) is 0 Å². The number of hydrogen-bond donors (Lipinski definition) is 0. The van der Waals surface area contributed by atoms with Crippen LogP contribution in [0, 0.1) is 0 Å². The van der Waals surface area contributed by atoms with Crippen LogP contribution in [-0.2, 0) is 28.6 Å². The lowest BCUT2D eigenvalue weighted by Crippen LogP contribution is -2.30. The van der Waals surface area contributed by atoms with Crippen LogP contribution < -0.4 is 0 Å². The molecule has 0 saturated carbocycles. The topological polar surface area (TPSA) is 78.9 Å². The average molecular weight is 731 g/mol. The molecular formula is C46H82O6. The Labute approximate surface area is 321 Å². The van der Waals surface area contributed by atoms with Crippen molar-refractivity contribution in [3.63, 3.8) is 0 Å². The summed E-state index contributed by atoms with van der Waals surface area (Å²) in [5.74, 6) is -0.908. The molecule has 0 aromatic heterocycles. The summed E-state index contributed by atoms with van der Waals surface area (Å²) in [6.07, 6.45) is 45.5. The van der Waals surface area contributed by atoms with Gasteiger partial charge < -0.3 is 14.2 Å². The van der Waals surface area contributed by atoms with Crippen molar-refractivity contribution in [1.82, 2.24) is 0 Å². The Morgan fingerprint density at radius 3 is 1.19 bits per heavy atom. The molecule has 0 N–H and O–H groups in total. The van der Waals surface area contributed by atoms with Crippen LogP contribution in [0.3, 0.4) is 0 Å². The Morgan fingerprint density at radius 2 is 0.731 bits per heavy atom. The van der Waals surface area contributed by atoms with Gasteiger partial charge in [0.15, 0.2) is 6.10 Å². The Balaban J connectivity index is 4.36. The first-order valence-corrected chi connectivity index (χ1v) is 22.0. The Morgan fingerprint density at radius 1 is 0.385 bits per heavy atom. The number of rotatable bonds is 39. The number of hydrogen-bond acceptors (Lipinski definition) is 6. The first-order chi connectivity index (χ1) is 25.5. The highest BCUT2D eigenvalue weighted by atomic mass is 16.6. The maximum atomic E-state index is 12.6. The van der Waals surface area contributed by atoms with Crippen molar-refractivity contribution < 1.29 is 28.6 Å². The largest absolute Gasteiger partial charge is 0.462 e. The van der Waals surface area contributed by atoms with Crippen molar-refractivity contribution in [1.29, 1.82) is 0 Å². The van der Waals surface area contributed by atoms with Gasteiger partial charge in [0.25, 0.3) is 0 Å². The van der Waals surface area contributed by atoms with Gasteiger partial charge in [0.1, 0.15) is 13.2 Å². The van der Waals surface area contributed by atoms with E-state index >= 15 is 0 Å². The summed E-state index contributed by atoms with van der Waals surface area (Å²) in [5.41, 5.74) is 0. The van der Waals surface area contributed by atoms with Gasteiger partial charge in [-0.2, -0.15) is 0 Å². The lowest BCUT2D eigenvalue weighted by molar-refractivity contribution is -0.167. The van der Waals surface area contributed by atoms with E-state index in [1.807, 2.05) is 0 Å². The van der Waals surface area contributed by atoms with Gasteiger partial charge in [0.2, 0.25) is 0 Å². The van der Waals surface area contributed by atoms with Crippen molar-refractivity contribution >= 4 is 17.9 Å². The molecule has 0 amide bonds. The van der Waals surface area contributed by atoms with Crippen LogP contribution in [0.5, 0.6) is 0 Å². The third kappa shape index (κ3) is 38.9. The molecule has 1 unspecified atom stereocenters. The molecule has 0 aromatic carbocycles. The second-order valence-electron chi connectivity index (χ2n) is 14.6. The zero-order valence-electron chi connectivity index (χ0n) is 34.3. The van der Waals surface area contributed by atoms with E-state index in [1.165, 1.54) is 83.5 Å². The number of esters is 3. The molecule has 0 rings (SSSR count). The highest BCUT2D eigenvalue weighted by Gasteiger charge is 2.19. The zero-order chi connectivity index (χ0) is 38.0. The molecule has 52 heavy (non-hydrogen) atoms. The van der Waals surface area contributed by atoms with Crippen molar-refractivity contribution in [3.8, 4) is 0 Å². The lowest BCUT2D eigenvalue weighted by atomic mass is 10.1. The van der Waals surface area contributed by atoms with Crippen molar-refractivity contribution in [3.05, 3.63) is 36.5 Å². The summed E-state index contributed by atoms with van der Waals surface area (Å²) in [6, 6.07) is 0. The van der Waals surface area contributed by atoms with E-state index < -0.39 is 6.10 Å². The van der Waals surface area contributed by atoms with E-state index in [9.17, 15) is 14.4 Å². The van der Waals surface area contributed by atoms with Crippen molar-refractivity contribution in [2.75, 3.05) is 13.2 Å². The van der Waals surface area contributed by atoms with Gasteiger partial charge in [-0.05, 0) is 70.6 Å². The van der Waals surface area contributed by atoms with Crippen LogP contribution in [0.4, 0.5) is 0 Å². The van der Waals surface area contributed by atoms with E-state index in [-0.39, 0.29) is 31.1 Å². The van der Waals surface area contributed by atoms with E-state index in [0.717, 1.165) is 96.3 Å². The minimum Gasteiger partial charge on any atom is -0.462 e. The minimum atomic E-state index is -0.775. The second kappa shape index (κ2) is 41.4. The zero-order valence-corrected chi connectivity index (χ0v) is 34.3. The summed E-state index contributed by atoms with van der Waals surface area (Å²) < 4.78 is 16.6. The number of carbonyl (C=O) groups is 3. The SMILES string of the molecule is CCC/C=C\CCCCCCCC(=O)OC(COC(=O)CCCCCCC/C=C\C/C=C\CCCCC)COC(=O)CCCCCCCCCCC. The predicted octanol–water partition coefficient (Wildman–Crippen LogP) is 13.8. The Kier molecular flexibility index (Phi) is 39.5. The molecule has 0 aliphatic heterocycles. The van der Waals surface area contributed by atoms with Gasteiger partial charge in [-0.25, -0.2) is 0 Å². The third-order valence-electron chi connectivity index (χ3n) is 9.35. The first kappa shape index (κ1) is 49.6. The molecule has 6 heteroatoms. The molecule has 0 aliphatic carbocycles. The Hall–Kier alpha value is -2.37. The summed E-state index contributed by atoms with van der Waals surface area (Å²) >= 11 is 0. The second-order valence-corrected chi connectivity index (χ2v) is 14.6. The Bertz CT molecular complexity index is 891. The molecule has 1 atom stereocenters. The highest BCUT2D eigenvalue weighted by molar-refractivity contribution is 5.71. The number of carbonyl (C=O) groups excluding carboxylic acids is 3. The van der Waals surface area contributed by atoms with E-state index in [4.69, 9.17) is 14.2 Å². The van der Waals surface area contributed by atoms with Gasteiger partial charge >= 0.3 is 17.9 Å². The molecule has 0 saturated heterocycles. The summed E-state index contributed by atoms with van der Waals surface area (Å²) in [4.78, 5) is 37.6. The molecule has 302 valence electrons. The van der Waals surface area contributed by atoms with Crippen LogP contribution in [0.1, 0.15) is 220 Å². The molecule has 0 heterocycles. The lowest BCUT2D eigenvalue weighted by Gasteiger charge is -2.18. The van der Waals surface area contributed by atoms with Gasteiger partial charge in [-0.1, -0.05) is 166 Å². The molecular weight excluding hydrogens is 649 g/mol. The maximum absolute atomic E-state index is 12.6. The van der Waals surface area contributed by atoms with E-state index in [0.29, 0.717) is 19.3 Å². The molecule has 0 aromatic rings. The van der Waals surface area contributed by atoms with Gasteiger partial charge in [-0.15, -0.1) is 0 Å². The minimum absolute atomic E-state index is 0.0788. The monoisotopic (exact) mass is 731 g/mol. The molecule has 6 nitrogen and oxygen atoms in total. The van der Waals surface area contributed by atoms with E-state index in [2.05, 4.69) is 57.2 Å². The van der Waals surface area contributed by atoms with Crippen LogP contribution in [0.25, 0.3) is 0 Å². The third-order valence-corrected chi connectivity index (χ3v) is 9.35. The van der Waals surface area contributed by atoms with Gasteiger partial charge in [0, 0.05) is 19.3 Å². The fourth-order valence-electron chi connectivity index (χ4n) is 6.00. The van der Waals surface area contributed by atoms with Crippen LogP contribution in [0.2, 0.25) is 0 Å². The predicted molar refractivity (Wildman–Crippen MR) is 219 cm³/mol. The molecule has 0 aliphatic rings. The quantitative estimate of drug-likeness (QED) is 0.0271. The van der Waals surface area contributed by atoms with Crippen LogP contribution in [0.15, 0.2) is 36.5 Å². The van der Waals surface area contributed by atoms with Crippen molar-refractivity contribution in [2.45, 2.75) is 226 Å². The molecule has 0 fully saturated rings. The molecule has 0 radical (unpaired) electrons. The molecule has 0 spiro atoms. The fourth-order valence-corrected chi connectivity index (χ4v) is 6.00. The number of ether oxygens (including phenoxy) is 3. The normalized spacial score (nSPS) is 12.3. The number of unbranched alkanes of at least 4 members (excludes halogenated alkanes) is 22. The fraction of sp³-hybridized carbons (Fsp3) is 0.804. The van der Waals surface area contributed by atoms with Gasteiger partial charge in [-0.3, -0.25) is 14.4 Å². The maximum Gasteiger partial charge on any atom is 0.306 e. The summed E-state index contributed by atoms with van der Waals surface area (Å²) in [7, 11) is 0. The smallest absolute Gasteiger partial charge is 0.306 e. The van der Waals surface area contributed by atoms with E-state index in [1.54, 1.807) is 0 Å². The highest BCUT2D eigenvalue weighted by Crippen LogP contribution is 2.13. The molecule has 0 bridgehead atoms. The standard InChI is InChI=1S/C46H82O6/c1-4-7-10-13-16-19-21-22-23-24-25-28-30-33-36-39-45(48)51-42-43(41-50-44(47)38-35-32-29-26-18-15-12-9-6-3)52-46(49)40-37-34-31-27-20-17-14-11-8-5-2/h11,14,16,19,22-23,43H,4-10,12-13,15,17-18,20-21,24-42H2,1-3H3/b14-11-,19-16-,23-22-. The van der Waals surface area contributed by atoms with Crippen LogP contribution >= 0.6 is 0 Å². The summed E-state index contributed by atoms with van der Waals surface area (Å²) in [5, 5.41) is 0. The number of allylic oxidation sites excluding steroid dienone is 6. The first-order valence-electron chi connectivity index (χ1n) is 22.0. The van der Waals surface area contributed by atoms with Crippen molar-refractivity contribution in [2.24, 2.45) is 0 Å².